The summed E-state index contributed by atoms with van der Waals surface area (Å²) in [6, 6.07) is 4.28. The lowest BCUT2D eigenvalue weighted by Gasteiger charge is -2.12. The molecule has 1 N–H and O–H groups in total. The molecule has 0 atom stereocenters. The molecule has 2 aromatic rings. The molecule has 5 heteroatoms. The van der Waals surface area contributed by atoms with E-state index in [1.165, 1.54) is 5.56 Å². The van der Waals surface area contributed by atoms with Gasteiger partial charge >= 0.3 is 0 Å². The normalized spacial score (nSPS) is 11.6. The van der Waals surface area contributed by atoms with Crippen molar-refractivity contribution in [2.24, 2.45) is 5.92 Å². The first-order chi connectivity index (χ1) is 9.95. The third-order valence-corrected chi connectivity index (χ3v) is 3.56. The first-order valence-electron chi connectivity index (χ1n) is 7.38. The van der Waals surface area contributed by atoms with Crippen LogP contribution in [0.1, 0.15) is 44.9 Å². The largest absolute Gasteiger partial charge is 0.312 e. The Bertz CT molecular complexity index is 590. The van der Waals surface area contributed by atoms with Crippen LogP contribution in [0.3, 0.4) is 0 Å². The zero-order valence-corrected chi connectivity index (χ0v) is 14.7. The Kier molecular flexibility index (Phi) is 5.53. The maximum atomic E-state index is 4.71. The van der Waals surface area contributed by atoms with Gasteiger partial charge in [-0.15, -0.1) is 0 Å². The van der Waals surface area contributed by atoms with Crippen LogP contribution in [0.4, 0.5) is 0 Å². The van der Waals surface area contributed by atoms with E-state index in [1.54, 1.807) is 6.20 Å². The van der Waals surface area contributed by atoms with Crippen molar-refractivity contribution in [3.63, 3.8) is 0 Å². The predicted molar refractivity (Wildman–Crippen MR) is 89.7 cm³/mol. The highest BCUT2D eigenvalue weighted by Crippen LogP contribution is 2.18. The monoisotopic (exact) mass is 350 g/mol. The van der Waals surface area contributed by atoms with Crippen LogP contribution in [-0.4, -0.2) is 21.3 Å². The number of halogens is 1. The Balaban J connectivity index is 2.26. The molecular weight excluding hydrogens is 328 g/mol. The molecule has 2 rings (SSSR count). The van der Waals surface area contributed by atoms with Crippen LogP contribution in [0.5, 0.6) is 0 Å². The summed E-state index contributed by atoms with van der Waals surface area (Å²) < 4.78 is 2.76. The molecule has 0 saturated carbocycles. The minimum atomic E-state index is 0.396. The van der Waals surface area contributed by atoms with Crippen molar-refractivity contribution >= 4 is 15.9 Å². The van der Waals surface area contributed by atoms with Gasteiger partial charge in [0.15, 0.2) is 5.82 Å². The molecule has 0 bridgehead atoms. The maximum Gasteiger partial charge on any atom is 0.153 e. The Morgan fingerprint density at radius 2 is 2.00 bits per heavy atom. The van der Waals surface area contributed by atoms with Gasteiger partial charge in [-0.2, -0.15) is 5.10 Å². The number of pyridine rings is 1. The van der Waals surface area contributed by atoms with Crippen molar-refractivity contribution in [3.8, 4) is 5.82 Å². The molecule has 2 aromatic heterocycles. The van der Waals surface area contributed by atoms with Crippen LogP contribution in [0.15, 0.2) is 29.0 Å². The van der Waals surface area contributed by atoms with Gasteiger partial charge < -0.3 is 5.32 Å². The molecule has 2 heterocycles. The van der Waals surface area contributed by atoms with Crippen LogP contribution in [0, 0.1) is 5.92 Å². The Morgan fingerprint density at radius 3 is 2.57 bits per heavy atom. The summed E-state index contributed by atoms with van der Waals surface area (Å²) in [7, 11) is 0. The molecule has 0 aromatic carbocycles. The average molecular weight is 351 g/mol. The second-order valence-corrected chi connectivity index (χ2v) is 6.96. The summed E-state index contributed by atoms with van der Waals surface area (Å²) in [5.41, 5.74) is 2.34. The van der Waals surface area contributed by atoms with Gasteiger partial charge in [-0.05, 0) is 52.0 Å². The molecule has 0 saturated heterocycles. The smallest absolute Gasteiger partial charge is 0.153 e. The Morgan fingerprint density at radius 1 is 1.24 bits per heavy atom. The minimum Gasteiger partial charge on any atom is -0.312 e. The van der Waals surface area contributed by atoms with E-state index in [0.717, 1.165) is 29.1 Å². The molecule has 0 aliphatic carbocycles. The summed E-state index contributed by atoms with van der Waals surface area (Å²) in [6.07, 6.45) is 3.71. The zero-order valence-electron chi connectivity index (χ0n) is 13.1. The van der Waals surface area contributed by atoms with Gasteiger partial charge in [0.05, 0.1) is 10.7 Å². The lowest BCUT2D eigenvalue weighted by Crippen LogP contribution is -2.19. The SMILES string of the molecule is CC(C)CNCc1cc(C(C)C)nc(-n2cc(Br)cn2)c1. The third-order valence-electron chi connectivity index (χ3n) is 3.15. The number of rotatable bonds is 6. The highest BCUT2D eigenvalue weighted by molar-refractivity contribution is 9.10. The molecule has 0 radical (unpaired) electrons. The fraction of sp³-hybridized carbons (Fsp3) is 0.500. The molecule has 0 aliphatic heterocycles. The van der Waals surface area contributed by atoms with Gasteiger partial charge in [0.2, 0.25) is 0 Å². The third kappa shape index (κ3) is 4.64. The highest BCUT2D eigenvalue weighted by atomic mass is 79.9. The lowest BCUT2D eigenvalue weighted by molar-refractivity contribution is 0.551. The lowest BCUT2D eigenvalue weighted by atomic mass is 10.1. The number of nitrogens with one attached hydrogen (secondary N) is 1. The molecule has 0 aliphatic rings. The van der Waals surface area contributed by atoms with Crippen LogP contribution in [0.2, 0.25) is 0 Å². The van der Waals surface area contributed by atoms with E-state index in [9.17, 15) is 0 Å². The maximum absolute atomic E-state index is 4.71. The van der Waals surface area contributed by atoms with Crippen molar-refractivity contribution in [2.45, 2.75) is 40.2 Å². The van der Waals surface area contributed by atoms with Crippen LogP contribution < -0.4 is 5.32 Å². The van der Waals surface area contributed by atoms with E-state index >= 15 is 0 Å². The van der Waals surface area contributed by atoms with Crippen molar-refractivity contribution in [1.29, 1.82) is 0 Å². The van der Waals surface area contributed by atoms with Gasteiger partial charge in [0, 0.05) is 18.4 Å². The summed E-state index contributed by atoms with van der Waals surface area (Å²) in [5.74, 6) is 1.92. The Hall–Kier alpha value is -1.20. The molecular formula is C16H23BrN4. The molecule has 0 spiro atoms. The number of hydrogen-bond acceptors (Lipinski definition) is 3. The van der Waals surface area contributed by atoms with Gasteiger partial charge in [-0.3, -0.25) is 0 Å². The van der Waals surface area contributed by atoms with E-state index in [-0.39, 0.29) is 0 Å². The van der Waals surface area contributed by atoms with Crippen molar-refractivity contribution in [2.75, 3.05) is 6.54 Å². The van der Waals surface area contributed by atoms with Gasteiger partial charge in [-0.25, -0.2) is 9.67 Å². The van der Waals surface area contributed by atoms with E-state index in [4.69, 9.17) is 4.98 Å². The fourth-order valence-corrected chi connectivity index (χ4v) is 2.33. The van der Waals surface area contributed by atoms with Crippen LogP contribution in [-0.2, 0) is 6.54 Å². The molecule has 21 heavy (non-hydrogen) atoms. The van der Waals surface area contributed by atoms with Crippen LogP contribution >= 0.6 is 15.9 Å². The van der Waals surface area contributed by atoms with Gasteiger partial charge in [-0.1, -0.05) is 27.7 Å². The number of aromatic nitrogens is 3. The van der Waals surface area contributed by atoms with Gasteiger partial charge in [0.1, 0.15) is 0 Å². The van der Waals surface area contributed by atoms with Crippen molar-refractivity contribution in [3.05, 3.63) is 40.3 Å². The van der Waals surface area contributed by atoms with E-state index < -0.39 is 0 Å². The highest BCUT2D eigenvalue weighted by Gasteiger charge is 2.09. The molecule has 0 amide bonds. The van der Waals surface area contributed by atoms with E-state index in [1.807, 2.05) is 10.9 Å². The summed E-state index contributed by atoms with van der Waals surface area (Å²) in [4.78, 5) is 4.71. The standard InChI is InChI=1S/C16H23BrN4/c1-11(2)7-18-8-13-5-15(12(3)4)20-16(6-13)21-10-14(17)9-19-21/h5-6,9-12,18H,7-8H2,1-4H3. The first kappa shape index (κ1) is 16.2. The molecule has 4 nitrogen and oxygen atoms in total. The second kappa shape index (κ2) is 7.18. The molecule has 0 fully saturated rings. The number of hydrogen-bond donors (Lipinski definition) is 1. The summed E-state index contributed by atoms with van der Waals surface area (Å²) in [5, 5.41) is 7.81. The second-order valence-electron chi connectivity index (χ2n) is 6.04. The number of nitrogens with zero attached hydrogens (tertiary/aromatic N) is 3. The van der Waals surface area contributed by atoms with E-state index in [0.29, 0.717) is 11.8 Å². The average Bonchev–Trinajstić information content (AvgIpc) is 2.84. The predicted octanol–water partition coefficient (Wildman–Crippen LogP) is 3.90. The van der Waals surface area contributed by atoms with Crippen LogP contribution in [0.25, 0.3) is 5.82 Å². The quantitative estimate of drug-likeness (QED) is 0.858. The molecule has 114 valence electrons. The minimum absolute atomic E-state index is 0.396. The Labute approximate surface area is 135 Å². The topological polar surface area (TPSA) is 42.7 Å². The summed E-state index contributed by atoms with van der Waals surface area (Å²) in [6.45, 7) is 10.6. The molecule has 0 unspecified atom stereocenters. The van der Waals surface area contributed by atoms with Crippen molar-refractivity contribution < 1.29 is 0 Å². The summed E-state index contributed by atoms with van der Waals surface area (Å²) >= 11 is 3.43. The van der Waals surface area contributed by atoms with Gasteiger partial charge in [0.25, 0.3) is 0 Å². The first-order valence-corrected chi connectivity index (χ1v) is 8.17. The van der Waals surface area contributed by atoms with E-state index in [2.05, 4.69) is 66.2 Å². The van der Waals surface area contributed by atoms with Crippen molar-refractivity contribution in [1.82, 2.24) is 20.1 Å². The zero-order chi connectivity index (χ0) is 15.4. The fourth-order valence-electron chi connectivity index (χ4n) is 2.04.